The maximum atomic E-state index is 11.7. The fraction of sp³-hybridized carbons (Fsp3) is 0.389. The Morgan fingerprint density at radius 1 is 1.37 bits per heavy atom. The largest absolute Gasteiger partial charge is 0.441 e. The van der Waals surface area contributed by atoms with Crippen LogP contribution in [0.25, 0.3) is 10.6 Å². The fourth-order valence-electron chi connectivity index (χ4n) is 3.18. The van der Waals surface area contributed by atoms with E-state index in [0.29, 0.717) is 25.7 Å². The van der Waals surface area contributed by atoms with Crippen LogP contribution in [-0.4, -0.2) is 60.2 Å². The van der Waals surface area contributed by atoms with E-state index in [4.69, 9.17) is 14.2 Å². The van der Waals surface area contributed by atoms with Crippen LogP contribution in [0.15, 0.2) is 42.4 Å². The van der Waals surface area contributed by atoms with Crippen LogP contribution < -0.4 is 10.6 Å². The van der Waals surface area contributed by atoms with Crippen molar-refractivity contribution in [2.45, 2.75) is 24.4 Å². The van der Waals surface area contributed by atoms with Gasteiger partial charge in [-0.1, -0.05) is 12.1 Å². The van der Waals surface area contributed by atoms with E-state index in [1.165, 1.54) is 0 Å². The molecule has 0 aliphatic carbocycles. The third-order valence-corrected chi connectivity index (χ3v) is 5.29. The van der Waals surface area contributed by atoms with Gasteiger partial charge in [-0.25, -0.2) is 14.8 Å². The molecule has 4 rings (SSSR count). The summed E-state index contributed by atoms with van der Waals surface area (Å²) >= 11 is 1.63. The number of amides is 1. The first-order valence-corrected chi connectivity index (χ1v) is 9.54. The molecule has 8 nitrogen and oxygen atoms in total. The first-order chi connectivity index (χ1) is 13.2. The summed E-state index contributed by atoms with van der Waals surface area (Å²) in [6.07, 6.45) is 1.84. The minimum absolute atomic E-state index is 0.113. The predicted molar refractivity (Wildman–Crippen MR) is 101 cm³/mol. The number of nitrogens with zero attached hydrogens (tertiary/aromatic N) is 2. The first-order valence-electron chi connectivity index (χ1n) is 8.66. The van der Waals surface area contributed by atoms with E-state index >= 15 is 0 Å². The molecule has 0 saturated carbocycles. The lowest BCUT2D eigenvalue weighted by Crippen LogP contribution is -2.39. The second-order valence-corrected chi connectivity index (χ2v) is 7.15. The van der Waals surface area contributed by atoms with Gasteiger partial charge < -0.3 is 24.8 Å². The summed E-state index contributed by atoms with van der Waals surface area (Å²) in [6, 6.07) is 5.77. The summed E-state index contributed by atoms with van der Waals surface area (Å²) in [5.41, 5.74) is 0.866. The molecule has 27 heavy (non-hydrogen) atoms. The number of fused-ring (bicyclic) bond motifs is 1. The van der Waals surface area contributed by atoms with Gasteiger partial charge in [0.05, 0.1) is 29.8 Å². The Bertz CT molecular complexity index is 800. The number of alkyl carbamates (subject to hydrolysis) is 1. The molecular weight excluding hydrogens is 368 g/mol. The number of hydrogen-bond acceptors (Lipinski definition) is 8. The van der Waals surface area contributed by atoms with Crippen molar-refractivity contribution in [2.24, 2.45) is 0 Å². The van der Waals surface area contributed by atoms with Crippen molar-refractivity contribution < 1.29 is 19.0 Å². The molecule has 0 bridgehead atoms. The van der Waals surface area contributed by atoms with Gasteiger partial charge >= 0.3 is 6.09 Å². The minimum atomic E-state index is -0.504. The number of rotatable bonds is 6. The van der Waals surface area contributed by atoms with Crippen LogP contribution in [0.1, 0.15) is 0 Å². The van der Waals surface area contributed by atoms with Crippen molar-refractivity contribution in [3.8, 4) is 10.6 Å². The average Bonchev–Trinajstić information content (AvgIpc) is 3.41. The molecule has 0 spiro atoms. The summed E-state index contributed by atoms with van der Waals surface area (Å²) < 4.78 is 17.0. The molecule has 4 atom stereocenters. The van der Waals surface area contributed by atoms with E-state index in [2.05, 4.69) is 27.2 Å². The Morgan fingerprint density at radius 3 is 3.07 bits per heavy atom. The number of thiophene rings is 1. The summed E-state index contributed by atoms with van der Waals surface area (Å²) in [4.78, 5) is 21.7. The number of anilines is 1. The molecule has 1 amide bonds. The highest BCUT2D eigenvalue weighted by Crippen LogP contribution is 2.30. The third-order valence-electron chi connectivity index (χ3n) is 4.40. The Morgan fingerprint density at radius 2 is 2.26 bits per heavy atom. The lowest BCUT2D eigenvalue weighted by atomic mass is 10.1. The van der Waals surface area contributed by atoms with Gasteiger partial charge in [0, 0.05) is 12.7 Å². The average molecular weight is 388 g/mol. The summed E-state index contributed by atoms with van der Waals surface area (Å²) in [5, 5.41) is 7.88. The van der Waals surface area contributed by atoms with Gasteiger partial charge in [0.15, 0.2) is 6.10 Å². The van der Waals surface area contributed by atoms with Crippen LogP contribution >= 0.6 is 11.3 Å². The quantitative estimate of drug-likeness (QED) is 0.732. The molecule has 9 heteroatoms. The second kappa shape index (κ2) is 8.03. The van der Waals surface area contributed by atoms with Crippen molar-refractivity contribution >= 4 is 23.4 Å². The standard InChI is InChI=1S/C18H20N4O4S/c1-2-6-20-18(23)26-13-10-25-15-12(9-24-16(13)15)22-17-19-7-5-11(21-17)14-4-3-8-27-14/h2-5,7-8,12-13,15-16H,1,6,9-10H2,(H,20,23)(H,19,21,22). The summed E-state index contributed by atoms with van der Waals surface area (Å²) in [6.45, 7) is 4.62. The first kappa shape index (κ1) is 17.9. The number of aromatic nitrogens is 2. The van der Waals surface area contributed by atoms with E-state index in [1.807, 2.05) is 23.6 Å². The third kappa shape index (κ3) is 3.95. The van der Waals surface area contributed by atoms with Crippen molar-refractivity contribution in [3.05, 3.63) is 42.4 Å². The number of hydrogen-bond donors (Lipinski definition) is 2. The minimum Gasteiger partial charge on any atom is -0.441 e. The van der Waals surface area contributed by atoms with Crippen molar-refractivity contribution in [2.75, 3.05) is 25.1 Å². The van der Waals surface area contributed by atoms with Crippen LogP contribution in [0, 0.1) is 0 Å². The number of ether oxygens (including phenoxy) is 3. The van der Waals surface area contributed by atoms with Crippen LogP contribution in [-0.2, 0) is 14.2 Å². The van der Waals surface area contributed by atoms with Crippen molar-refractivity contribution in [1.29, 1.82) is 0 Å². The normalized spacial score (nSPS) is 26.4. The van der Waals surface area contributed by atoms with Gasteiger partial charge in [-0.15, -0.1) is 17.9 Å². The highest BCUT2D eigenvalue weighted by Gasteiger charge is 2.49. The molecule has 2 aromatic rings. The molecule has 2 saturated heterocycles. The molecule has 2 aromatic heterocycles. The smallest absolute Gasteiger partial charge is 0.407 e. The van der Waals surface area contributed by atoms with Crippen LogP contribution in [0.5, 0.6) is 0 Å². The second-order valence-electron chi connectivity index (χ2n) is 6.20. The lowest BCUT2D eigenvalue weighted by Gasteiger charge is -2.18. The monoisotopic (exact) mass is 388 g/mol. The van der Waals surface area contributed by atoms with E-state index in [-0.39, 0.29) is 18.2 Å². The Labute approximate surface area is 160 Å². The fourth-order valence-corrected chi connectivity index (χ4v) is 3.87. The number of carbonyl (C=O) groups excluding carboxylic acids is 1. The maximum Gasteiger partial charge on any atom is 0.407 e. The van der Waals surface area contributed by atoms with Crippen LogP contribution in [0.2, 0.25) is 0 Å². The van der Waals surface area contributed by atoms with E-state index < -0.39 is 12.2 Å². The predicted octanol–water partition coefficient (Wildman–Crippen LogP) is 2.06. The lowest BCUT2D eigenvalue weighted by molar-refractivity contribution is 0.00475. The molecule has 0 radical (unpaired) electrons. The van der Waals surface area contributed by atoms with Crippen LogP contribution in [0.4, 0.5) is 10.7 Å². The van der Waals surface area contributed by atoms with Gasteiger partial charge in [-0.05, 0) is 17.5 Å². The molecule has 2 aliphatic heterocycles. The van der Waals surface area contributed by atoms with Crippen molar-refractivity contribution in [3.63, 3.8) is 0 Å². The van der Waals surface area contributed by atoms with Gasteiger partial charge in [-0.2, -0.15) is 0 Å². The number of nitrogens with one attached hydrogen (secondary N) is 2. The Kier molecular flexibility index (Phi) is 5.33. The molecule has 2 aliphatic rings. The molecule has 2 N–H and O–H groups in total. The highest BCUT2D eigenvalue weighted by atomic mass is 32.1. The van der Waals surface area contributed by atoms with Gasteiger partial charge in [0.1, 0.15) is 12.2 Å². The Hall–Kier alpha value is -2.49. The summed E-state index contributed by atoms with van der Waals surface area (Å²) in [7, 11) is 0. The Balaban J connectivity index is 1.37. The maximum absolute atomic E-state index is 11.7. The van der Waals surface area contributed by atoms with Gasteiger partial charge in [0.2, 0.25) is 5.95 Å². The molecule has 0 aromatic carbocycles. The summed E-state index contributed by atoms with van der Waals surface area (Å²) in [5.74, 6) is 0.520. The topological polar surface area (TPSA) is 94.6 Å². The van der Waals surface area contributed by atoms with E-state index in [0.717, 1.165) is 10.6 Å². The molecular formula is C18H20N4O4S. The molecule has 142 valence electrons. The SMILES string of the molecule is C=CCNC(=O)OC1COC2C(Nc3nccc(-c4cccs4)n3)COC12. The zero-order valence-electron chi connectivity index (χ0n) is 14.5. The van der Waals surface area contributed by atoms with Crippen LogP contribution in [0.3, 0.4) is 0 Å². The zero-order valence-corrected chi connectivity index (χ0v) is 15.4. The molecule has 4 unspecified atom stereocenters. The van der Waals surface area contributed by atoms with E-state index in [1.54, 1.807) is 23.6 Å². The van der Waals surface area contributed by atoms with Gasteiger partial charge in [0.25, 0.3) is 0 Å². The molecule has 2 fully saturated rings. The zero-order chi connectivity index (χ0) is 18.6. The van der Waals surface area contributed by atoms with Crippen molar-refractivity contribution in [1.82, 2.24) is 15.3 Å². The number of carbonyl (C=O) groups is 1. The highest BCUT2D eigenvalue weighted by molar-refractivity contribution is 7.13. The molecule has 4 heterocycles. The van der Waals surface area contributed by atoms with E-state index in [9.17, 15) is 4.79 Å². The van der Waals surface area contributed by atoms with Gasteiger partial charge in [-0.3, -0.25) is 0 Å².